The van der Waals surface area contributed by atoms with Gasteiger partial charge >= 0.3 is 0 Å². The third-order valence-corrected chi connectivity index (χ3v) is 7.82. The predicted molar refractivity (Wildman–Crippen MR) is 142 cm³/mol. The molecule has 8 heteroatoms. The molecular formula is C28H35N5O3. The van der Waals surface area contributed by atoms with Gasteiger partial charge in [-0.2, -0.15) is 5.10 Å². The molecule has 1 aromatic carbocycles. The third kappa shape index (κ3) is 5.22. The van der Waals surface area contributed by atoms with Crippen molar-refractivity contribution in [1.29, 1.82) is 0 Å². The fourth-order valence-electron chi connectivity index (χ4n) is 6.01. The minimum atomic E-state index is 0.0263. The van der Waals surface area contributed by atoms with E-state index in [4.69, 9.17) is 10.3 Å². The maximum atomic E-state index is 13.4. The van der Waals surface area contributed by atoms with Crippen LogP contribution < -0.4 is 5.84 Å². The number of nitrogens with zero attached hydrogens (tertiary/aromatic N) is 4. The second kappa shape index (κ2) is 11.1. The molecule has 1 saturated heterocycles. The summed E-state index contributed by atoms with van der Waals surface area (Å²) in [6.45, 7) is 2.52. The molecule has 2 fully saturated rings. The number of carbonyl (C=O) groups excluding carboxylic acids is 2. The molecule has 0 radical (unpaired) electrons. The van der Waals surface area contributed by atoms with Crippen LogP contribution in [0.15, 0.2) is 44.9 Å². The molecule has 0 bridgehead atoms. The van der Waals surface area contributed by atoms with E-state index < -0.39 is 0 Å². The third-order valence-electron chi connectivity index (χ3n) is 7.82. The number of aliphatic imine (C=N–C) groups is 1. The van der Waals surface area contributed by atoms with Crippen LogP contribution in [0.2, 0.25) is 0 Å². The molecule has 36 heavy (non-hydrogen) atoms. The van der Waals surface area contributed by atoms with Gasteiger partial charge in [-0.1, -0.05) is 25.0 Å². The van der Waals surface area contributed by atoms with Gasteiger partial charge in [0.2, 0.25) is 5.91 Å². The van der Waals surface area contributed by atoms with Crippen LogP contribution >= 0.6 is 0 Å². The van der Waals surface area contributed by atoms with Gasteiger partial charge in [0, 0.05) is 50.2 Å². The van der Waals surface area contributed by atoms with Crippen LogP contribution in [-0.4, -0.2) is 66.3 Å². The minimum absolute atomic E-state index is 0.0263. The lowest BCUT2D eigenvalue weighted by Crippen LogP contribution is -2.49. The van der Waals surface area contributed by atoms with Crippen molar-refractivity contribution in [2.75, 3.05) is 26.2 Å². The number of furan rings is 1. The molecule has 1 saturated carbocycles. The number of hydrogen-bond donors (Lipinski definition) is 1. The van der Waals surface area contributed by atoms with Gasteiger partial charge in [-0.15, -0.1) is 0 Å². The van der Waals surface area contributed by atoms with Crippen molar-refractivity contribution >= 4 is 40.8 Å². The summed E-state index contributed by atoms with van der Waals surface area (Å²) in [6.07, 6.45) is 13.4. The number of nitrogens with two attached hydrogens (primary N) is 1. The van der Waals surface area contributed by atoms with Crippen molar-refractivity contribution < 1.29 is 14.0 Å². The zero-order chi connectivity index (χ0) is 24.9. The van der Waals surface area contributed by atoms with Gasteiger partial charge in [0.15, 0.2) is 5.76 Å². The van der Waals surface area contributed by atoms with Gasteiger partial charge in [-0.3, -0.25) is 14.6 Å². The Labute approximate surface area is 211 Å². The highest BCUT2D eigenvalue weighted by atomic mass is 16.3. The van der Waals surface area contributed by atoms with Crippen LogP contribution in [0.3, 0.4) is 0 Å². The second-order valence-corrected chi connectivity index (χ2v) is 10.1. The van der Waals surface area contributed by atoms with Crippen molar-refractivity contribution in [1.82, 2.24) is 9.80 Å². The summed E-state index contributed by atoms with van der Waals surface area (Å²) in [5.74, 6) is 6.23. The topological polar surface area (TPSA) is 104 Å². The predicted octanol–water partition coefficient (Wildman–Crippen LogP) is 4.25. The Morgan fingerprint density at radius 1 is 1.08 bits per heavy atom. The highest BCUT2D eigenvalue weighted by molar-refractivity contribution is 6.15. The van der Waals surface area contributed by atoms with Crippen LogP contribution in [0.4, 0.5) is 0 Å². The van der Waals surface area contributed by atoms with E-state index in [0.717, 1.165) is 47.9 Å². The molecule has 2 atom stereocenters. The first kappa shape index (κ1) is 24.3. The molecule has 1 aromatic heterocycles. The van der Waals surface area contributed by atoms with E-state index in [1.54, 1.807) is 0 Å². The highest BCUT2D eigenvalue weighted by Gasteiger charge is 2.37. The molecule has 3 heterocycles. The monoisotopic (exact) mass is 489 g/mol. The number of hydrogen-bond acceptors (Lipinski definition) is 6. The van der Waals surface area contributed by atoms with Gasteiger partial charge in [-0.25, -0.2) is 0 Å². The van der Waals surface area contributed by atoms with E-state index in [1.165, 1.54) is 38.1 Å². The number of likely N-dealkylation sites (tertiary alicyclic amines) is 1. The average molecular weight is 490 g/mol. The first-order valence-electron chi connectivity index (χ1n) is 13.2. The molecule has 8 nitrogen and oxygen atoms in total. The average Bonchev–Trinajstić information content (AvgIpc) is 3.36. The molecule has 0 spiro atoms. The highest BCUT2D eigenvalue weighted by Crippen LogP contribution is 2.36. The lowest BCUT2D eigenvalue weighted by molar-refractivity contribution is -0.130. The first-order valence-corrected chi connectivity index (χ1v) is 13.2. The molecule has 2 aromatic rings. The summed E-state index contributed by atoms with van der Waals surface area (Å²) in [7, 11) is 0. The zero-order valence-electron chi connectivity index (χ0n) is 20.8. The van der Waals surface area contributed by atoms with E-state index in [2.05, 4.69) is 27.1 Å². The minimum Gasteiger partial charge on any atom is -0.451 e. The van der Waals surface area contributed by atoms with E-state index in [-0.39, 0.29) is 11.8 Å². The number of rotatable bonds is 6. The van der Waals surface area contributed by atoms with Crippen LogP contribution in [0, 0.1) is 5.92 Å². The molecule has 2 unspecified atom stereocenters. The molecule has 3 aliphatic rings. The summed E-state index contributed by atoms with van der Waals surface area (Å²) in [5, 5.41) is 4.28. The molecule has 5 rings (SSSR count). The van der Waals surface area contributed by atoms with Crippen molar-refractivity contribution in [2.45, 2.75) is 57.4 Å². The second-order valence-electron chi connectivity index (χ2n) is 10.1. The van der Waals surface area contributed by atoms with Crippen molar-refractivity contribution in [3.8, 4) is 0 Å². The Morgan fingerprint density at radius 2 is 1.94 bits per heavy atom. The lowest BCUT2D eigenvalue weighted by Gasteiger charge is -2.43. The van der Waals surface area contributed by atoms with Crippen LogP contribution in [0.1, 0.15) is 67.5 Å². The van der Waals surface area contributed by atoms with Crippen molar-refractivity contribution in [2.24, 2.45) is 21.9 Å². The van der Waals surface area contributed by atoms with Gasteiger partial charge in [0.05, 0.1) is 6.21 Å². The summed E-state index contributed by atoms with van der Waals surface area (Å²) in [4.78, 5) is 34.2. The Morgan fingerprint density at radius 3 is 2.83 bits per heavy atom. The normalized spacial score (nSPS) is 22.8. The standard InChI is InChI=1S/C28H35N5O3/c29-31-14-13-30-12-11-27(34)32-15-3-7-22(19-32)21-9-10-25-23(17-21)18-26(36-25)28(35)33-16-4-6-20-5-1-2-8-24(20)33/h7,9-10,13-14,17-18,20,24H,1-6,8,11-12,15-16,19,29H2/b30-13?,31-14-. The fraction of sp³-hybridized carbons (Fsp3) is 0.500. The molecule has 2 aliphatic heterocycles. The molecule has 2 N–H and O–H groups in total. The summed E-state index contributed by atoms with van der Waals surface area (Å²) >= 11 is 0. The van der Waals surface area contributed by atoms with Crippen molar-refractivity contribution in [3.63, 3.8) is 0 Å². The molecule has 2 amide bonds. The van der Waals surface area contributed by atoms with E-state index in [0.29, 0.717) is 43.8 Å². The largest absolute Gasteiger partial charge is 0.451 e. The number of piperidine rings is 1. The Hall–Kier alpha value is -3.42. The van der Waals surface area contributed by atoms with E-state index in [9.17, 15) is 9.59 Å². The molecule has 190 valence electrons. The smallest absolute Gasteiger partial charge is 0.289 e. The summed E-state index contributed by atoms with van der Waals surface area (Å²) < 4.78 is 6.03. The van der Waals surface area contributed by atoms with Crippen LogP contribution in [0.25, 0.3) is 16.5 Å². The number of carbonyl (C=O) groups is 2. The first-order chi connectivity index (χ1) is 17.6. The SMILES string of the molecule is N/N=C\C=NCCC(=O)N1CCC=C(c2ccc3oc(C(=O)N4CCCC5CCCCC54)cc3c2)C1. The maximum absolute atomic E-state index is 13.4. The Kier molecular flexibility index (Phi) is 7.49. The van der Waals surface area contributed by atoms with Crippen molar-refractivity contribution in [3.05, 3.63) is 41.7 Å². The maximum Gasteiger partial charge on any atom is 0.289 e. The number of amides is 2. The van der Waals surface area contributed by atoms with Gasteiger partial charge < -0.3 is 20.1 Å². The molecular weight excluding hydrogens is 454 g/mol. The summed E-state index contributed by atoms with van der Waals surface area (Å²) in [6, 6.07) is 8.29. The number of benzene rings is 1. The van der Waals surface area contributed by atoms with Crippen LogP contribution in [0.5, 0.6) is 0 Å². The zero-order valence-corrected chi connectivity index (χ0v) is 20.8. The number of fused-ring (bicyclic) bond motifs is 2. The Balaban J connectivity index is 1.27. The van der Waals surface area contributed by atoms with Gasteiger partial charge in [-0.05, 0) is 67.4 Å². The quantitative estimate of drug-likeness (QED) is 0.372. The summed E-state index contributed by atoms with van der Waals surface area (Å²) in [5.41, 5.74) is 2.90. The van der Waals surface area contributed by atoms with Crippen LogP contribution in [-0.2, 0) is 4.79 Å². The van der Waals surface area contributed by atoms with E-state index in [1.807, 2.05) is 23.1 Å². The lowest BCUT2D eigenvalue weighted by atomic mass is 9.78. The number of hydrazone groups is 1. The Bertz CT molecular complexity index is 1200. The van der Waals surface area contributed by atoms with Gasteiger partial charge in [0.25, 0.3) is 5.91 Å². The van der Waals surface area contributed by atoms with E-state index >= 15 is 0 Å². The van der Waals surface area contributed by atoms with Gasteiger partial charge in [0.1, 0.15) is 5.58 Å². The fourth-order valence-corrected chi connectivity index (χ4v) is 6.01. The molecule has 1 aliphatic carbocycles.